The minimum Gasteiger partial charge on any atom is -0.388 e. The number of amides is 1. The van der Waals surface area contributed by atoms with E-state index in [4.69, 9.17) is 5.41 Å². The molecule has 124 valence electrons. The van der Waals surface area contributed by atoms with E-state index in [0.717, 1.165) is 22.5 Å². The second-order valence-electron chi connectivity index (χ2n) is 6.19. The summed E-state index contributed by atoms with van der Waals surface area (Å²) in [5, 5.41) is 22.0. The zero-order chi connectivity index (χ0) is 17.5. The summed E-state index contributed by atoms with van der Waals surface area (Å²) in [6.45, 7) is 1.94. The maximum atomic E-state index is 12.8. The van der Waals surface area contributed by atoms with Crippen molar-refractivity contribution in [2.45, 2.75) is 18.9 Å². The lowest BCUT2D eigenvalue weighted by molar-refractivity contribution is -0.135. The molecule has 0 fully saturated rings. The average Bonchev–Trinajstić information content (AvgIpc) is 2.76. The van der Waals surface area contributed by atoms with Crippen molar-refractivity contribution in [3.63, 3.8) is 0 Å². The molecule has 24 heavy (non-hydrogen) atoms. The molecular weight excluding hydrogens is 302 g/mol. The lowest BCUT2D eigenvalue weighted by atomic mass is 9.86. The van der Waals surface area contributed by atoms with Crippen molar-refractivity contribution in [1.82, 2.24) is 0 Å². The van der Waals surface area contributed by atoms with Crippen LogP contribution < -0.4 is 10.2 Å². The fraction of sp³-hybridized carbons (Fsp3) is 0.263. The fourth-order valence-corrected chi connectivity index (χ4v) is 3.38. The highest BCUT2D eigenvalue weighted by molar-refractivity contribution is 6.07. The van der Waals surface area contributed by atoms with Gasteiger partial charge in [-0.15, -0.1) is 0 Å². The number of hydrogen-bond donors (Lipinski definition) is 3. The summed E-state index contributed by atoms with van der Waals surface area (Å²) in [5.41, 5.74) is 2.98. The number of rotatable bonds is 4. The van der Waals surface area contributed by atoms with Crippen molar-refractivity contribution in [2.24, 2.45) is 0 Å². The summed E-state index contributed by atoms with van der Waals surface area (Å²) in [6, 6.07) is 11.2. The number of fused-ring (bicyclic) bond motifs is 1. The first-order valence-corrected chi connectivity index (χ1v) is 7.84. The third-order valence-electron chi connectivity index (χ3n) is 4.67. The van der Waals surface area contributed by atoms with Gasteiger partial charge in [0.1, 0.15) is 0 Å². The zero-order valence-electron chi connectivity index (χ0n) is 14.1. The molecule has 1 aliphatic rings. The van der Waals surface area contributed by atoms with Crippen molar-refractivity contribution in [3.05, 3.63) is 58.7 Å². The fourth-order valence-electron chi connectivity index (χ4n) is 3.38. The lowest BCUT2D eigenvalue weighted by Gasteiger charge is -2.23. The van der Waals surface area contributed by atoms with Gasteiger partial charge in [0.05, 0.1) is 5.69 Å². The molecule has 0 aromatic heterocycles. The summed E-state index contributed by atoms with van der Waals surface area (Å²) in [5.74, 6) is -0.339. The first-order valence-electron chi connectivity index (χ1n) is 7.84. The Bertz CT molecular complexity index is 831. The molecule has 5 heteroatoms. The predicted octanol–water partition coefficient (Wildman–Crippen LogP) is 2.44. The summed E-state index contributed by atoms with van der Waals surface area (Å²) in [7, 11) is 3.46. The minimum absolute atomic E-state index is 0.132. The van der Waals surface area contributed by atoms with Gasteiger partial charge < -0.3 is 20.7 Å². The summed E-state index contributed by atoms with van der Waals surface area (Å²) in [4.78, 5) is 14.3. The van der Waals surface area contributed by atoms with Crippen molar-refractivity contribution in [2.75, 3.05) is 24.3 Å². The van der Waals surface area contributed by atoms with Crippen LogP contribution in [0.5, 0.6) is 0 Å². The lowest BCUT2D eigenvalue weighted by Crippen LogP contribution is -2.40. The standard InChI is InChI=1S/C19H21N3O2/c1-12-7-8-17-15(9-12)19(24,18(23)22(17)3)10-13-5-4-6-16(21-2)14(13)11-20/h4-9,11,20-21,24H,10H2,1-3H3. The number of carbonyl (C=O) groups is 1. The van der Waals surface area contributed by atoms with Crippen LogP contribution in [-0.4, -0.2) is 31.3 Å². The van der Waals surface area contributed by atoms with Crippen LogP contribution in [0.1, 0.15) is 22.3 Å². The molecule has 5 nitrogen and oxygen atoms in total. The third kappa shape index (κ3) is 2.29. The molecular formula is C19H21N3O2. The van der Waals surface area contributed by atoms with E-state index in [9.17, 15) is 9.90 Å². The number of anilines is 2. The molecule has 1 aliphatic heterocycles. The molecule has 1 amide bonds. The summed E-state index contributed by atoms with van der Waals surface area (Å²) in [6.07, 6.45) is 1.39. The first-order chi connectivity index (χ1) is 11.4. The number of hydrogen-bond acceptors (Lipinski definition) is 4. The van der Waals surface area contributed by atoms with Gasteiger partial charge in [0.2, 0.25) is 0 Å². The van der Waals surface area contributed by atoms with Crippen LogP contribution in [0.3, 0.4) is 0 Å². The van der Waals surface area contributed by atoms with Gasteiger partial charge in [-0.25, -0.2) is 0 Å². The molecule has 3 N–H and O–H groups in total. The number of nitrogens with one attached hydrogen (secondary N) is 2. The molecule has 0 radical (unpaired) electrons. The van der Waals surface area contributed by atoms with Gasteiger partial charge in [-0.1, -0.05) is 29.8 Å². The molecule has 1 unspecified atom stereocenters. The number of aryl methyl sites for hydroxylation is 1. The Balaban J connectivity index is 2.12. The number of likely N-dealkylation sites (N-methyl/N-ethyl adjacent to an activating group) is 1. The van der Waals surface area contributed by atoms with Crippen LogP contribution in [0.4, 0.5) is 11.4 Å². The van der Waals surface area contributed by atoms with E-state index in [-0.39, 0.29) is 12.3 Å². The van der Waals surface area contributed by atoms with Crippen molar-refractivity contribution in [3.8, 4) is 0 Å². The highest BCUT2D eigenvalue weighted by atomic mass is 16.3. The van der Waals surface area contributed by atoms with E-state index >= 15 is 0 Å². The van der Waals surface area contributed by atoms with Gasteiger partial charge in [0, 0.05) is 43.5 Å². The van der Waals surface area contributed by atoms with E-state index in [0.29, 0.717) is 11.1 Å². The predicted molar refractivity (Wildman–Crippen MR) is 96.1 cm³/mol. The summed E-state index contributed by atoms with van der Waals surface area (Å²) < 4.78 is 0. The Morgan fingerprint density at radius 3 is 2.75 bits per heavy atom. The molecule has 2 aromatic carbocycles. The highest BCUT2D eigenvalue weighted by Crippen LogP contribution is 2.42. The Hall–Kier alpha value is -2.66. The highest BCUT2D eigenvalue weighted by Gasteiger charge is 2.48. The number of aliphatic hydroxyl groups is 1. The van der Waals surface area contributed by atoms with E-state index in [1.165, 1.54) is 11.1 Å². The van der Waals surface area contributed by atoms with Crippen LogP contribution in [-0.2, 0) is 16.8 Å². The van der Waals surface area contributed by atoms with Gasteiger partial charge in [0.15, 0.2) is 5.60 Å². The largest absolute Gasteiger partial charge is 0.388 e. The van der Waals surface area contributed by atoms with Gasteiger partial charge in [-0.3, -0.25) is 4.79 Å². The van der Waals surface area contributed by atoms with Crippen LogP contribution in [0, 0.1) is 12.3 Å². The molecule has 3 rings (SSSR count). The monoisotopic (exact) mass is 323 g/mol. The molecule has 0 saturated heterocycles. The van der Waals surface area contributed by atoms with E-state index in [1.807, 2.05) is 43.3 Å². The van der Waals surface area contributed by atoms with Gasteiger partial charge >= 0.3 is 0 Å². The Morgan fingerprint density at radius 2 is 2.08 bits per heavy atom. The van der Waals surface area contributed by atoms with Gasteiger partial charge in [-0.05, 0) is 24.6 Å². The molecule has 1 atom stereocenters. The molecule has 0 saturated carbocycles. The van der Waals surface area contributed by atoms with Crippen molar-refractivity contribution < 1.29 is 9.90 Å². The normalized spacial score (nSPS) is 19.3. The van der Waals surface area contributed by atoms with Crippen LogP contribution in [0.25, 0.3) is 0 Å². The quantitative estimate of drug-likeness (QED) is 0.756. The maximum Gasteiger partial charge on any atom is 0.263 e. The topological polar surface area (TPSA) is 76.4 Å². The Kier molecular flexibility index (Phi) is 3.89. The molecule has 0 spiro atoms. The molecule has 0 bridgehead atoms. The van der Waals surface area contributed by atoms with Gasteiger partial charge in [0.25, 0.3) is 5.91 Å². The van der Waals surface area contributed by atoms with Crippen molar-refractivity contribution in [1.29, 1.82) is 5.41 Å². The number of carbonyl (C=O) groups excluding carboxylic acids is 1. The molecule has 2 aromatic rings. The molecule has 0 aliphatic carbocycles. The Labute approximate surface area is 141 Å². The second kappa shape index (κ2) is 5.76. The van der Waals surface area contributed by atoms with Crippen molar-refractivity contribution >= 4 is 23.5 Å². The number of benzene rings is 2. The number of nitrogens with zero attached hydrogens (tertiary/aromatic N) is 1. The first kappa shape index (κ1) is 16.2. The van der Waals surface area contributed by atoms with E-state index in [1.54, 1.807) is 14.1 Å². The molecule has 1 heterocycles. The average molecular weight is 323 g/mol. The third-order valence-corrected chi connectivity index (χ3v) is 4.67. The van der Waals surface area contributed by atoms with E-state index in [2.05, 4.69) is 5.32 Å². The van der Waals surface area contributed by atoms with E-state index < -0.39 is 5.60 Å². The Morgan fingerprint density at radius 1 is 1.33 bits per heavy atom. The zero-order valence-corrected chi connectivity index (χ0v) is 14.1. The second-order valence-corrected chi connectivity index (χ2v) is 6.19. The van der Waals surface area contributed by atoms with Crippen LogP contribution >= 0.6 is 0 Å². The smallest absolute Gasteiger partial charge is 0.263 e. The maximum absolute atomic E-state index is 12.8. The summed E-state index contributed by atoms with van der Waals surface area (Å²) >= 11 is 0. The van der Waals surface area contributed by atoms with Crippen LogP contribution in [0.2, 0.25) is 0 Å². The minimum atomic E-state index is -1.61. The SMILES string of the molecule is CNc1cccc(CC2(O)C(=O)N(C)c3ccc(C)cc32)c1C=N. The van der Waals surface area contributed by atoms with Crippen LogP contribution in [0.15, 0.2) is 36.4 Å². The van der Waals surface area contributed by atoms with Gasteiger partial charge in [-0.2, -0.15) is 0 Å².